The minimum Gasteiger partial charge on any atom is -0.494 e. The molecule has 0 aliphatic rings. The second kappa shape index (κ2) is 14.7. The standard InChI is InChI=1S/C29H36N2O6S2/c1-5-37-25-13-11-24(12-14-25)31(39(33,34)26-15-16-27(35-3)28(19-26)36-4)20-29(32)30-17-6-18-38-21-23-9-7-22(2)8-10-23/h7-16,19H,5-6,17-18,20-21H2,1-4H3,(H,30,32). The van der Waals surface area contributed by atoms with Crippen LogP contribution in [0.15, 0.2) is 71.6 Å². The van der Waals surface area contributed by atoms with E-state index in [2.05, 4.69) is 36.5 Å². The Labute approximate surface area is 235 Å². The molecule has 39 heavy (non-hydrogen) atoms. The number of carbonyl (C=O) groups is 1. The van der Waals surface area contributed by atoms with Crippen LogP contribution in [0, 0.1) is 6.92 Å². The van der Waals surface area contributed by atoms with Crippen LogP contribution in [0.4, 0.5) is 5.69 Å². The molecule has 0 spiro atoms. The van der Waals surface area contributed by atoms with Gasteiger partial charge in [0.2, 0.25) is 5.91 Å². The third kappa shape index (κ3) is 8.56. The van der Waals surface area contributed by atoms with Crippen molar-refractivity contribution in [1.29, 1.82) is 0 Å². The van der Waals surface area contributed by atoms with Crippen molar-refractivity contribution in [3.05, 3.63) is 77.9 Å². The fourth-order valence-corrected chi connectivity index (χ4v) is 6.12. The van der Waals surface area contributed by atoms with Gasteiger partial charge in [0.05, 0.1) is 31.4 Å². The number of amides is 1. The van der Waals surface area contributed by atoms with E-state index in [0.717, 1.165) is 22.2 Å². The molecule has 10 heteroatoms. The van der Waals surface area contributed by atoms with E-state index < -0.39 is 15.9 Å². The van der Waals surface area contributed by atoms with Gasteiger partial charge in [-0.2, -0.15) is 11.8 Å². The predicted molar refractivity (Wildman–Crippen MR) is 157 cm³/mol. The van der Waals surface area contributed by atoms with Gasteiger partial charge in [-0.3, -0.25) is 9.10 Å². The van der Waals surface area contributed by atoms with Crippen molar-refractivity contribution in [3.8, 4) is 17.2 Å². The van der Waals surface area contributed by atoms with Gasteiger partial charge in [0, 0.05) is 18.4 Å². The Morgan fingerprint density at radius 1 is 0.949 bits per heavy atom. The van der Waals surface area contributed by atoms with Crippen molar-refractivity contribution in [2.45, 2.75) is 30.9 Å². The number of rotatable bonds is 15. The lowest BCUT2D eigenvalue weighted by Gasteiger charge is -2.24. The molecule has 0 saturated carbocycles. The summed E-state index contributed by atoms with van der Waals surface area (Å²) in [7, 11) is -1.20. The molecular weight excluding hydrogens is 536 g/mol. The number of hydrogen-bond acceptors (Lipinski definition) is 7. The van der Waals surface area contributed by atoms with Crippen molar-refractivity contribution >= 4 is 33.4 Å². The van der Waals surface area contributed by atoms with Crippen molar-refractivity contribution < 1.29 is 27.4 Å². The van der Waals surface area contributed by atoms with Gasteiger partial charge in [0.25, 0.3) is 10.0 Å². The molecule has 0 fully saturated rings. The number of sulfonamides is 1. The van der Waals surface area contributed by atoms with Crippen LogP contribution >= 0.6 is 11.8 Å². The maximum absolute atomic E-state index is 13.7. The number of carbonyl (C=O) groups excluding carboxylic acids is 1. The Balaban J connectivity index is 1.68. The summed E-state index contributed by atoms with van der Waals surface area (Å²) < 4.78 is 44.6. The highest BCUT2D eigenvalue weighted by Crippen LogP contribution is 2.32. The van der Waals surface area contributed by atoms with Crippen LogP contribution in [-0.4, -0.2) is 54.0 Å². The van der Waals surface area contributed by atoms with E-state index in [4.69, 9.17) is 14.2 Å². The summed E-state index contributed by atoms with van der Waals surface area (Å²) in [5.74, 6) is 2.68. The lowest BCUT2D eigenvalue weighted by atomic mass is 10.2. The number of methoxy groups -OCH3 is 2. The molecule has 3 aromatic rings. The van der Waals surface area contributed by atoms with Gasteiger partial charge in [-0.25, -0.2) is 8.42 Å². The fraction of sp³-hybridized carbons (Fsp3) is 0.345. The third-order valence-electron chi connectivity index (χ3n) is 5.84. The van der Waals surface area contributed by atoms with Crippen molar-refractivity contribution in [3.63, 3.8) is 0 Å². The van der Waals surface area contributed by atoms with Crippen LogP contribution in [-0.2, 0) is 20.6 Å². The van der Waals surface area contributed by atoms with Crippen molar-refractivity contribution in [2.24, 2.45) is 0 Å². The Morgan fingerprint density at radius 2 is 1.64 bits per heavy atom. The molecule has 8 nitrogen and oxygen atoms in total. The first kappa shape index (κ1) is 30.2. The zero-order valence-electron chi connectivity index (χ0n) is 22.8. The Kier molecular flexibility index (Phi) is 11.4. The van der Waals surface area contributed by atoms with Gasteiger partial charge >= 0.3 is 0 Å². The highest BCUT2D eigenvalue weighted by molar-refractivity contribution is 7.98. The van der Waals surface area contributed by atoms with E-state index in [-0.39, 0.29) is 17.2 Å². The number of nitrogens with one attached hydrogen (secondary N) is 1. The highest BCUT2D eigenvalue weighted by Gasteiger charge is 2.28. The summed E-state index contributed by atoms with van der Waals surface area (Å²) in [6, 6.07) is 19.4. The van der Waals surface area contributed by atoms with Crippen LogP contribution in [0.5, 0.6) is 17.2 Å². The largest absolute Gasteiger partial charge is 0.494 e. The molecule has 0 saturated heterocycles. The van der Waals surface area contributed by atoms with E-state index in [1.165, 1.54) is 43.5 Å². The van der Waals surface area contributed by atoms with Crippen LogP contribution in [0.3, 0.4) is 0 Å². The zero-order valence-corrected chi connectivity index (χ0v) is 24.4. The average Bonchev–Trinajstić information content (AvgIpc) is 2.94. The number of benzene rings is 3. The second-order valence-electron chi connectivity index (χ2n) is 8.70. The van der Waals surface area contributed by atoms with E-state index in [1.54, 1.807) is 36.0 Å². The maximum Gasteiger partial charge on any atom is 0.264 e. The van der Waals surface area contributed by atoms with Gasteiger partial charge in [-0.15, -0.1) is 0 Å². The van der Waals surface area contributed by atoms with Crippen molar-refractivity contribution in [1.82, 2.24) is 5.32 Å². The van der Waals surface area contributed by atoms with E-state index in [0.29, 0.717) is 30.3 Å². The summed E-state index contributed by atoms with van der Waals surface area (Å²) in [5, 5.41) is 2.86. The molecule has 1 amide bonds. The summed E-state index contributed by atoms with van der Waals surface area (Å²) in [6.07, 6.45) is 0.772. The minimum atomic E-state index is -4.11. The molecule has 0 bridgehead atoms. The minimum absolute atomic E-state index is 0.0191. The lowest BCUT2D eigenvalue weighted by molar-refractivity contribution is -0.119. The molecule has 0 heterocycles. The van der Waals surface area contributed by atoms with Crippen LogP contribution in [0.2, 0.25) is 0 Å². The quantitative estimate of drug-likeness (QED) is 0.255. The van der Waals surface area contributed by atoms with Crippen LogP contribution in [0.1, 0.15) is 24.5 Å². The van der Waals surface area contributed by atoms with Gasteiger partial charge < -0.3 is 19.5 Å². The topological polar surface area (TPSA) is 94.2 Å². The average molecular weight is 573 g/mol. The predicted octanol–water partition coefficient (Wildman–Crippen LogP) is 5.05. The summed E-state index contributed by atoms with van der Waals surface area (Å²) >= 11 is 1.80. The maximum atomic E-state index is 13.7. The number of aryl methyl sites for hydroxylation is 1. The molecule has 0 aromatic heterocycles. The van der Waals surface area contributed by atoms with Crippen LogP contribution in [0.25, 0.3) is 0 Å². The Bertz CT molecular complexity index is 1310. The first-order valence-electron chi connectivity index (χ1n) is 12.7. The van der Waals surface area contributed by atoms with Gasteiger partial charge in [0.15, 0.2) is 11.5 Å². The molecule has 3 rings (SSSR count). The van der Waals surface area contributed by atoms with Gasteiger partial charge in [-0.1, -0.05) is 29.8 Å². The molecule has 0 aliphatic heterocycles. The molecule has 0 atom stereocenters. The molecule has 210 valence electrons. The molecule has 0 aliphatic carbocycles. The van der Waals surface area contributed by atoms with Crippen LogP contribution < -0.4 is 23.8 Å². The number of anilines is 1. The molecule has 1 N–H and O–H groups in total. The lowest BCUT2D eigenvalue weighted by Crippen LogP contribution is -2.41. The smallest absolute Gasteiger partial charge is 0.264 e. The van der Waals surface area contributed by atoms with Gasteiger partial charge in [-0.05, 0) is 68.0 Å². The normalized spacial score (nSPS) is 11.1. The van der Waals surface area contributed by atoms with Crippen molar-refractivity contribution in [2.75, 3.05) is 44.0 Å². The molecule has 3 aromatic carbocycles. The number of nitrogens with zero attached hydrogens (tertiary/aromatic N) is 1. The zero-order chi connectivity index (χ0) is 28.3. The van der Waals surface area contributed by atoms with E-state index in [9.17, 15) is 13.2 Å². The summed E-state index contributed by atoms with van der Waals surface area (Å²) in [5.41, 5.74) is 2.84. The molecule has 0 radical (unpaired) electrons. The van der Waals surface area contributed by atoms with E-state index in [1.807, 2.05) is 6.92 Å². The number of thioether (sulfide) groups is 1. The molecular formula is C29H36N2O6S2. The SMILES string of the molecule is CCOc1ccc(N(CC(=O)NCCCSCc2ccc(C)cc2)S(=O)(=O)c2ccc(OC)c(OC)c2)cc1. The second-order valence-corrected chi connectivity index (χ2v) is 11.7. The Morgan fingerprint density at radius 3 is 2.28 bits per heavy atom. The third-order valence-corrected chi connectivity index (χ3v) is 8.73. The van der Waals surface area contributed by atoms with Gasteiger partial charge in [0.1, 0.15) is 12.3 Å². The summed E-state index contributed by atoms with van der Waals surface area (Å²) in [6.45, 7) is 4.50. The molecule has 0 unspecified atom stereocenters. The summed E-state index contributed by atoms with van der Waals surface area (Å²) in [4.78, 5) is 12.9. The first-order chi connectivity index (χ1) is 18.8. The fourth-order valence-electron chi connectivity index (χ4n) is 3.76. The first-order valence-corrected chi connectivity index (χ1v) is 15.3. The highest BCUT2D eigenvalue weighted by atomic mass is 32.2. The van der Waals surface area contributed by atoms with E-state index >= 15 is 0 Å². The number of hydrogen-bond donors (Lipinski definition) is 1. The monoisotopic (exact) mass is 572 g/mol. The number of ether oxygens (including phenoxy) is 3. The Hall–Kier alpha value is -3.37.